The molecule has 0 unspecified atom stereocenters. The smallest absolute Gasteiger partial charge is 0.338 e. The van der Waals surface area contributed by atoms with E-state index in [-0.39, 0.29) is 6.10 Å². The summed E-state index contributed by atoms with van der Waals surface area (Å²) in [5.41, 5.74) is 6.75. The molecule has 0 amide bonds. The predicted octanol–water partition coefficient (Wildman–Crippen LogP) is 1.30. The second kappa shape index (κ2) is 6.54. The fourth-order valence-electron chi connectivity index (χ4n) is 2.91. The van der Waals surface area contributed by atoms with Crippen molar-refractivity contribution in [2.45, 2.75) is 25.0 Å². The highest BCUT2D eigenvalue weighted by atomic mass is 16.5. The Bertz CT molecular complexity index is 537. The van der Waals surface area contributed by atoms with Crippen molar-refractivity contribution < 1.29 is 19.0 Å². The van der Waals surface area contributed by atoms with E-state index in [0.717, 1.165) is 39.1 Å². The van der Waals surface area contributed by atoms with Crippen LogP contribution in [0, 0.1) is 0 Å². The molecule has 0 spiro atoms. The van der Waals surface area contributed by atoms with Gasteiger partial charge < -0.3 is 19.9 Å². The molecule has 6 heteroatoms. The van der Waals surface area contributed by atoms with E-state index in [0.29, 0.717) is 23.0 Å². The average molecular weight is 306 g/mol. The summed E-state index contributed by atoms with van der Waals surface area (Å²) in [6, 6.07) is 5.62. The Morgan fingerprint density at radius 1 is 1.27 bits per heavy atom. The maximum Gasteiger partial charge on any atom is 0.338 e. The Labute approximate surface area is 130 Å². The standard InChI is InChI=1S/C16H22N2O4/c1-20-16(19)11-6-12(17)8-15(7-11)22-14-2-4-18(5-3-14)13-9-21-10-13/h6-8,13-14H,2-5,9-10,17H2,1H3. The summed E-state index contributed by atoms with van der Waals surface area (Å²) in [5, 5.41) is 0. The van der Waals surface area contributed by atoms with Gasteiger partial charge in [0.2, 0.25) is 0 Å². The highest BCUT2D eigenvalue weighted by molar-refractivity contribution is 5.90. The molecule has 0 atom stereocenters. The van der Waals surface area contributed by atoms with E-state index < -0.39 is 5.97 Å². The third-order valence-corrected chi connectivity index (χ3v) is 4.27. The van der Waals surface area contributed by atoms with Crippen molar-refractivity contribution in [2.24, 2.45) is 0 Å². The molecule has 1 aromatic carbocycles. The normalized spacial score (nSPS) is 20.4. The van der Waals surface area contributed by atoms with E-state index in [1.165, 1.54) is 7.11 Å². The summed E-state index contributed by atoms with van der Waals surface area (Å²) in [6.45, 7) is 3.74. The summed E-state index contributed by atoms with van der Waals surface area (Å²) in [7, 11) is 1.35. The molecule has 2 N–H and O–H groups in total. The van der Waals surface area contributed by atoms with Crippen LogP contribution in [0.4, 0.5) is 5.69 Å². The van der Waals surface area contributed by atoms with Gasteiger partial charge in [0, 0.05) is 24.8 Å². The van der Waals surface area contributed by atoms with Gasteiger partial charge in [-0.25, -0.2) is 4.79 Å². The number of hydrogen-bond donors (Lipinski definition) is 1. The number of ether oxygens (including phenoxy) is 3. The minimum atomic E-state index is -0.406. The minimum absolute atomic E-state index is 0.157. The molecule has 0 aliphatic carbocycles. The van der Waals surface area contributed by atoms with Gasteiger partial charge in [-0.15, -0.1) is 0 Å². The van der Waals surface area contributed by atoms with Gasteiger partial charge in [-0.3, -0.25) is 4.90 Å². The third-order valence-electron chi connectivity index (χ3n) is 4.27. The number of nitrogens with two attached hydrogens (primary N) is 1. The Morgan fingerprint density at radius 2 is 2.00 bits per heavy atom. The molecule has 2 aliphatic rings. The molecular weight excluding hydrogens is 284 g/mol. The van der Waals surface area contributed by atoms with Gasteiger partial charge in [0.1, 0.15) is 11.9 Å². The van der Waals surface area contributed by atoms with E-state index in [1.807, 2.05) is 0 Å². The number of carbonyl (C=O) groups is 1. The summed E-state index contributed by atoms with van der Waals surface area (Å²) in [5.74, 6) is 0.225. The van der Waals surface area contributed by atoms with Crippen LogP contribution in [0.1, 0.15) is 23.2 Å². The van der Waals surface area contributed by atoms with Crippen LogP contribution in [0.3, 0.4) is 0 Å². The number of benzene rings is 1. The summed E-state index contributed by atoms with van der Waals surface area (Å²) in [6.07, 6.45) is 2.10. The van der Waals surface area contributed by atoms with E-state index in [2.05, 4.69) is 4.90 Å². The van der Waals surface area contributed by atoms with Crippen LogP contribution in [-0.4, -0.2) is 56.4 Å². The zero-order chi connectivity index (χ0) is 15.5. The van der Waals surface area contributed by atoms with Gasteiger partial charge in [-0.2, -0.15) is 0 Å². The Hall–Kier alpha value is -1.79. The Morgan fingerprint density at radius 3 is 2.59 bits per heavy atom. The van der Waals surface area contributed by atoms with Crippen molar-refractivity contribution >= 4 is 11.7 Å². The van der Waals surface area contributed by atoms with Crippen molar-refractivity contribution in [3.05, 3.63) is 23.8 Å². The number of methoxy groups -OCH3 is 1. The number of esters is 1. The first-order valence-corrected chi connectivity index (χ1v) is 7.63. The number of carbonyl (C=O) groups excluding carboxylic acids is 1. The van der Waals surface area contributed by atoms with Crippen LogP contribution in [-0.2, 0) is 9.47 Å². The molecule has 3 rings (SSSR count). The predicted molar refractivity (Wildman–Crippen MR) is 82.0 cm³/mol. The number of rotatable bonds is 4. The molecule has 2 heterocycles. The van der Waals surface area contributed by atoms with Crippen molar-refractivity contribution in [1.82, 2.24) is 4.90 Å². The van der Waals surface area contributed by atoms with E-state index in [4.69, 9.17) is 19.9 Å². The van der Waals surface area contributed by atoms with Gasteiger partial charge in [-0.05, 0) is 25.0 Å². The average Bonchev–Trinajstić information content (AvgIpc) is 2.46. The Balaban J connectivity index is 1.59. The largest absolute Gasteiger partial charge is 0.490 e. The fraction of sp³-hybridized carbons (Fsp3) is 0.562. The van der Waals surface area contributed by atoms with Crippen LogP contribution < -0.4 is 10.5 Å². The number of hydrogen-bond acceptors (Lipinski definition) is 6. The van der Waals surface area contributed by atoms with Gasteiger partial charge >= 0.3 is 5.97 Å². The van der Waals surface area contributed by atoms with Gasteiger partial charge in [-0.1, -0.05) is 0 Å². The quantitative estimate of drug-likeness (QED) is 0.667. The first-order valence-electron chi connectivity index (χ1n) is 7.63. The van der Waals surface area contributed by atoms with E-state index in [1.54, 1.807) is 18.2 Å². The lowest BCUT2D eigenvalue weighted by atomic mass is 10.0. The molecule has 1 aromatic rings. The highest BCUT2D eigenvalue weighted by Crippen LogP contribution is 2.25. The fourth-order valence-corrected chi connectivity index (χ4v) is 2.91. The van der Waals surface area contributed by atoms with Crippen molar-refractivity contribution in [3.8, 4) is 5.75 Å². The van der Waals surface area contributed by atoms with Gasteiger partial charge in [0.25, 0.3) is 0 Å². The monoisotopic (exact) mass is 306 g/mol. The molecule has 22 heavy (non-hydrogen) atoms. The van der Waals surface area contributed by atoms with Crippen LogP contribution in [0.2, 0.25) is 0 Å². The lowest BCUT2D eigenvalue weighted by molar-refractivity contribution is -0.0778. The Kier molecular flexibility index (Phi) is 4.49. The van der Waals surface area contributed by atoms with Crippen LogP contribution in [0.25, 0.3) is 0 Å². The molecule has 2 saturated heterocycles. The number of likely N-dealkylation sites (tertiary alicyclic amines) is 1. The SMILES string of the molecule is COC(=O)c1cc(N)cc(OC2CCN(C3COC3)CC2)c1. The van der Waals surface area contributed by atoms with E-state index >= 15 is 0 Å². The van der Waals surface area contributed by atoms with Gasteiger partial charge in [0.05, 0.1) is 31.9 Å². The van der Waals surface area contributed by atoms with Crippen molar-refractivity contribution in [3.63, 3.8) is 0 Å². The highest BCUT2D eigenvalue weighted by Gasteiger charge is 2.30. The lowest BCUT2D eigenvalue weighted by Gasteiger charge is -2.41. The maximum absolute atomic E-state index is 11.6. The van der Waals surface area contributed by atoms with Crippen LogP contribution in [0.15, 0.2) is 18.2 Å². The summed E-state index contributed by atoms with van der Waals surface area (Å²) >= 11 is 0. The molecule has 2 aliphatic heterocycles. The van der Waals surface area contributed by atoms with Crippen LogP contribution >= 0.6 is 0 Å². The first kappa shape index (κ1) is 15.1. The third kappa shape index (κ3) is 3.34. The lowest BCUT2D eigenvalue weighted by Crippen LogP contribution is -2.52. The minimum Gasteiger partial charge on any atom is -0.490 e. The zero-order valence-electron chi connectivity index (χ0n) is 12.8. The van der Waals surface area contributed by atoms with E-state index in [9.17, 15) is 4.79 Å². The molecular formula is C16H22N2O4. The van der Waals surface area contributed by atoms with Gasteiger partial charge in [0.15, 0.2) is 0 Å². The maximum atomic E-state index is 11.6. The molecule has 6 nitrogen and oxygen atoms in total. The second-order valence-corrected chi connectivity index (χ2v) is 5.83. The van der Waals surface area contributed by atoms with Crippen molar-refractivity contribution in [1.29, 1.82) is 0 Å². The molecule has 0 saturated carbocycles. The summed E-state index contributed by atoms with van der Waals surface area (Å²) < 4.78 is 16.0. The number of anilines is 1. The number of nitrogen functional groups attached to an aromatic ring is 1. The first-order chi connectivity index (χ1) is 10.7. The van der Waals surface area contributed by atoms with Crippen molar-refractivity contribution in [2.75, 3.05) is 39.1 Å². The zero-order valence-corrected chi connectivity index (χ0v) is 12.8. The number of piperidine rings is 1. The van der Waals surface area contributed by atoms with Crippen LogP contribution in [0.5, 0.6) is 5.75 Å². The molecule has 0 radical (unpaired) electrons. The molecule has 2 fully saturated rings. The summed E-state index contributed by atoms with van der Waals surface area (Å²) in [4.78, 5) is 14.1. The molecule has 120 valence electrons. The second-order valence-electron chi connectivity index (χ2n) is 5.83. The molecule has 0 aromatic heterocycles. The molecule has 0 bridgehead atoms. The number of nitrogens with zero attached hydrogens (tertiary/aromatic N) is 1. The topological polar surface area (TPSA) is 74.0 Å².